The Bertz CT molecular complexity index is 624. The molecule has 2 rings (SSSR count). The van der Waals surface area contributed by atoms with Gasteiger partial charge in [0.25, 0.3) is 0 Å². The number of hydrogen-bond donors (Lipinski definition) is 1. The highest BCUT2D eigenvalue weighted by molar-refractivity contribution is 5.90. The Morgan fingerprint density at radius 1 is 1.10 bits per heavy atom. The van der Waals surface area contributed by atoms with Gasteiger partial charge >= 0.3 is 5.97 Å². The lowest BCUT2D eigenvalue weighted by atomic mass is 10.0. The van der Waals surface area contributed by atoms with Crippen LogP contribution >= 0.6 is 0 Å². The van der Waals surface area contributed by atoms with E-state index in [1.165, 1.54) is 5.56 Å². The summed E-state index contributed by atoms with van der Waals surface area (Å²) in [5.41, 5.74) is 11.3. The fourth-order valence-corrected chi connectivity index (χ4v) is 2.32. The molecule has 0 aliphatic heterocycles. The Balaban J connectivity index is 2.11. The highest BCUT2D eigenvalue weighted by atomic mass is 16.5. The minimum atomic E-state index is -0.350. The van der Waals surface area contributed by atoms with E-state index in [0.717, 1.165) is 16.7 Å². The van der Waals surface area contributed by atoms with E-state index in [1.807, 2.05) is 13.8 Å². The molecule has 0 saturated carbocycles. The average molecular weight is 269 g/mol. The number of benzene rings is 2. The van der Waals surface area contributed by atoms with Crippen molar-refractivity contribution >= 4 is 11.7 Å². The first kappa shape index (κ1) is 14.1. The van der Waals surface area contributed by atoms with Crippen molar-refractivity contribution in [3.8, 4) is 0 Å². The predicted octanol–water partition coefficient (Wildman–Crippen LogP) is 3.55. The van der Waals surface area contributed by atoms with Crippen LogP contribution in [0, 0.1) is 20.8 Å². The Morgan fingerprint density at radius 3 is 2.35 bits per heavy atom. The zero-order valence-corrected chi connectivity index (χ0v) is 12.1. The van der Waals surface area contributed by atoms with Crippen LogP contribution in [0.1, 0.15) is 32.6 Å². The van der Waals surface area contributed by atoms with Gasteiger partial charge in [-0.1, -0.05) is 23.8 Å². The fraction of sp³-hybridized carbons (Fsp3) is 0.235. The van der Waals surface area contributed by atoms with Crippen LogP contribution in [0.2, 0.25) is 0 Å². The highest BCUT2D eigenvalue weighted by Crippen LogP contribution is 2.18. The molecule has 0 aliphatic rings. The Labute approximate surface area is 119 Å². The van der Waals surface area contributed by atoms with Crippen molar-refractivity contribution < 1.29 is 9.53 Å². The smallest absolute Gasteiger partial charge is 0.338 e. The van der Waals surface area contributed by atoms with E-state index in [2.05, 4.69) is 19.1 Å². The average Bonchev–Trinajstić information content (AvgIpc) is 2.37. The van der Waals surface area contributed by atoms with Crippen molar-refractivity contribution in [2.45, 2.75) is 27.4 Å². The van der Waals surface area contributed by atoms with Crippen LogP contribution in [0.3, 0.4) is 0 Å². The van der Waals surface area contributed by atoms with Crippen LogP contribution in [0.5, 0.6) is 0 Å². The largest absolute Gasteiger partial charge is 0.457 e. The Morgan fingerprint density at radius 2 is 1.75 bits per heavy atom. The van der Waals surface area contributed by atoms with Gasteiger partial charge in [0.2, 0.25) is 0 Å². The molecule has 0 fully saturated rings. The molecule has 0 bridgehead atoms. The predicted molar refractivity (Wildman–Crippen MR) is 80.6 cm³/mol. The molecule has 0 aromatic heterocycles. The van der Waals surface area contributed by atoms with Gasteiger partial charge in [0.05, 0.1) is 5.56 Å². The first-order chi connectivity index (χ1) is 9.47. The molecule has 0 spiro atoms. The first-order valence-electron chi connectivity index (χ1n) is 6.57. The second-order valence-corrected chi connectivity index (χ2v) is 5.08. The molecule has 0 radical (unpaired) electrons. The van der Waals surface area contributed by atoms with Crippen LogP contribution in [-0.4, -0.2) is 5.97 Å². The van der Waals surface area contributed by atoms with E-state index in [4.69, 9.17) is 10.5 Å². The molecule has 0 saturated heterocycles. The van der Waals surface area contributed by atoms with Crippen molar-refractivity contribution in [3.63, 3.8) is 0 Å². The van der Waals surface area contributed by atoms with Crippen LogP contribution in [-0.2, 0) is 11.3 Å². The lowest BCUT2D eigenvalue weighted by Crippen LogP contribution is -2.07. The second-order valence-electron chi connectivity index (χ2n) is 5.08. The van der Waals surface area contributed by atoms with E-state index in [9.17, 15) is 4.79 Å². The monoisotopic (exact) mass is 269 g/mol. The summed E-state index contributed by atoms with van der Waals surface area (Å²) in [7, 11) is 0. The normalized spacial score (nSPS) is 10.3. The number of hydrogen-bond acceptors (Lipinski definition) is 3. The van der Waals surface area contributed by atoms with E-state index in [1.54, 1.807) is 24.3 Å². The number of carbonyl (C=O) groups is 1. The molecule has 2 N–H and O–H groups in total. The number of esters is 1. The molecular formula is C17H19NO2. The molecule has 0 atom stereocenters. The quantitative estimate of drug-likeness (QED) is 0.684. The molecule has 0 heterocycles. The topological polar surface area (TPSA) is 52.3 Å². The molecule has 2 aromatic rings. The summed E-state index contributed by atoms with van der Waals surface area (Å²) >= 11 is 0. The maximum absolute atomic E-state index is 12.0. The van der Waals surface area contributed by atoms with Gasteiger partial charge < -0.3 is 10.5 Å². The number of rotatable bonds is 3. The van der Waals surface area contributed by atoms with Gasteiger partial charge in [-0.3, -0.25) is 0 Å². The zero-order chi connectivity index (χ0) is 14.7. The van der Waals surface area contributed by atoms with Crippen molar-refractivity contribution in [2.24, 2.45) is 0 Å². The van der Waals surface area contributed by atoms with E-state index in [0.29, 0.717) is 11.3 Å². The van der Waals surface area contributed by atoms with Crippen molar-refractivity contribution in [3.05, 3.63) is 64.2 Å². The summed E-state index contributed by atoms with van der Waals surface area (Å²) in [5.74, 6) is -0.350. The number of nitrogen functional groups attached to an aromatic ring is 1. The summed E-state index contributed by atoms with van der Waals surface area (Å²) in [5, 5.41) is 0. The minimum absolute atomic E-state index is 0.283. The van der Waals surface area contributed by atoms with E-state index in [-0.39, 0.29) is 12.6 Å². The molecular weight excluding hydrogens is 250 g/mol. The number of carbonyl (C=O) groups excluding carboxylic acids is 1. The highest BCUT2D eigenvalue weighted by Gasteiger charge is 2.10. The number of anilines is 1. The summed E-state index contributed by atoms with van der Waals surface area (Å²) < 4.78 is 5.38. The van der Waals surface area contributed by atoms with Crippen LogP contribution in [0.4, 0.5) is 5.69 Å². The third-order valence-corrected chi connectivity index (χ3v) is 3.31. The SMILES string of the molecule is Cc1cc(C)c(COC(=O)c2cccc(N)c2)c(C)c1. The lowest BCUT2D eigenvalue weighted by Gasteiger charge is -2.12. The van der Waals surface area contributed by atoms with Gasteiger partial charge in [-0.2, -0.15) is 0 Å². The molecule has 0 amide bonds. The van der Waals surface area contributed by atoms with Crippen molar-refractivity contribution in [1.82, 2.24) is 0 Å². The van der Waals surface area contributed by atoms with Crippen molar-refractivity contribution in [2.75, 3.05) is 5.73 Å². The maximum atomic E-state index is 12.0. The lowest BCUT2D eigenvalue weighted by molar-refractivity contribution is 0.0471. The van der Waals surface area contributed by atoms with Gasteiger partial charge in [0.1, 0.15) is 6.61 Å². The second kappa shape index (κ2) is 5.78. The first-order valence-corrected chi connectivity index (χ1v) is 6.57. The number of aryl methyl sites for hydroxylation is 3. The maximum Gasteiger partial charge on any atom is 0.338 e. The molecule has 2 aromatic carbocycles. The summed E-state index contributed by atoms with van der Waals surface area (Å²) in [6.07, 6.45) is 0. The van der Waals surface area contributed by atoms with Gasteiger partial charge in [-0.25, -0.2) is 4.79 Å². The van der Waals surface area contributed by atoms with Gasteiger partial charge in [-0.15, -0.1) is 0 Å². The molecule has 104 valence electrons. The molecule has 20 heavy (non-hydrogen) atoms. The molecule has 0 unspecified atom stereocenters. The summed E-state index contributed by atoms with van der Waals surface area (Å²) in [6, 6.07) is 11.0. The Hall–Kier alpha value is -2.29. The van der Waals surface area contributed by atoms with Gasteiger partial charge in [0.15, 0.2) is 0 Å². The minimum Gasteiger partial charge on any atom is -0.457 e. The van der Waals surface area contributed by atoms with Gasteiger partial charge in [-0.05, 0) is 55.7 Å². The summed E-state index contributed by atoms with van der Waals surface area (Å²) in [6.45, 7) is 6.40. The van der Waals surface area contributed by atoms with E-state index >= 15 is 0 Å². The fourth-order valence-electron chi connectivity index (χ4n) is 2.32. The van der Waals surface area contributed by atoms with Crippen molar-refractivity contribution in [1.29, 1.82) is 0 Å². The van der Waals surface area contributed by atoms with Gasteiger partial charge in [0, 0.05) is 5.69 Å². The third-order valence-electron chi connectivity index (χ3n) is 3.31. The molecule has 3 heteroatoms. The van der Waals surface area contributed by atoms with Crippen LogP contribution in [0.25, 0.3) is 0 Å². The zero-order valence-electron chi connectivity index (χ0n) is 12.1. The van der Waals surface area contributed by atoms with Crippen LogP contribution < -0.4 is 5.73 Å². The molecule has 0 aliphatic carbocycles. The van der Waals surface area contributed by atoms with E-state index < -0.39 is 0 Å². The standard InChI is InChI=1S/C17H19NO2/c1-11-7-12(2)16(13(3)8-11)10-20-17(19)14-5-4-6-15(18)9-14/h4-9H,10,18H2,1-3H3. The third kappa shape index (κ3) is 3.18. The Kier molecular flexibility index (Phi) is 4.08. The number of nitrogens with two attached hydrogens (primary N) is 1. The molecule has 3 nitrogen and oxygen atoms in total. The summed E-state index contributed by atoms with van der Waals surface area (Å²) in [4.78, 5) is 12.0. The van der Waals surface area contributed by atoms with Crippen LogP contribution in [0.15, 0.2) is 36.4 Å². The number of ether oxygens (including phenoxy) is 1.